The molecule has 0 aliphatic heterocycles. The summed E-state index contributed by atoms with van der Waals surface area (Å²) in [6.45, 7) is 2.05. The fraction of sp³-hybridized carbons (Fsp3) is 0.273. The number of hydrogen-bond donors (Lipinski definition) is 2. The van der Waals surface area contributed by atoms with Gasteiger partial charge in [0.05, 0.1) is 5.69 Å². The maximum absolute atomic E-state index is 5.89. The van der Waals surface area contributed by atoms with Crippen molar-refractivity contribution in [2.24, 2.45) is 5.73 Å². The lowest BCUT2D eigenvalue weighted by Gasteiger charge is -2.07. The van der Waals surface area contributed by atoms with Crippen LogP contribution in [0, 0.1) is 0 Å². The van der Waals surface area contributed by atoms with E-state index in [1.54, 1.807) is 24.2 Å². The molecule has 16 heavy (non-hydrogen) atoms. The molecule has 0 aliphatic carbocycles. The number of aromatic nitrogens is 3. The van der Waals surface area contributed by atoms with Gasteiger partial charge >= 0.3 is 0 Å². The molecule has 0 amide bonds. The van der Waals surface area contributed by atoms with Crippen molar-refractivity contribution in [1.82, 2.24) is 15.0 Å². The first-order chi connectivity index (χ1) is 7.79. The van der Waals surface area contributed by atoms with Crippen molar-refractivity contribution in [2.75, 3.05) is 0 Å². The van der Waals surface area contributed by atoms with Crippen LogP contribution in [0.2, 0.25) is 0 Å². The van der Waals surface area contributed by atoms with E-state index in [-0.39, 0.29) is 6.04 Å². The summed E-state index contributed by atoms with van der Waals surface area (Å²) in [5.41, 5.74) is 6.83. The van der Waals surface area contributed by atoms with Gasteiger partial charge in [0, 0.05) is 29.5 Å². The molecule has 5 heteroatoms. The van der Waals surface area contributed by atoms with Crippen molar-refractivity contribution in [3.05, 3.63) is 36.4 Å². The zero-order valence-electron chi connectivity index (χ0n) is 9.05. The topological polar surface area (TPSA) is 67.6 Å². The van der Waals surface area contributed by atoms with Crippen LogP contribution in [0.3, 0.4) is 0 Å². The SMILES string of the molecule is CCC(N)c1ccc(Sc2ncc[nH]2)cn1. The summed E-state index contributed by atoms with van der Waals surface area (Å²) in [7, 11) is 0. The molecule has 0 bridgehead atoms. The van der Waals surface area contributed by atoms with E-state index in [0.29, 0.717) is 0 Å². The molecule has 0 spiro atoms. The maximum Gasteiger partial charge on any atom is 0.170 e. The van der Waals surface area contributed by atoms with Crippen LogP contribution >= 0.6 is 11.8 Å². The first-order valence-corrected chi connectivity index (χ1v) is 6.00. The molecule has 0 fully saturated rings. The molecule has 1 unspecified atom stereocenters. The van der Waals surface area contributed by atoms with E-state index in [2.05, 4.69) is 21.9 Å². The van der Waals surface area contributed by atoms with Crippen molar-refractivity contribution in [3.8, 4) is 0 Å². The molecule has 2 aromatic rings. The number of hydrogen-bond acceptors (Lipinski definition) is 4. The van der Waals surface area contributed by atoms with E-state index in [0.717, 1.165) is 22.2 Å². The summed E-state index contributed by atoms with van der Waals surface area (Å²) in [6.07, 6.45) is 6.27. The maximum atomic E-state index is 5.89. The van der Waals surface area contributed by atoms with Gasteiger partial charge in [-0.3, -0.25) is 4.98 Å². The summed E-state index contributed by atoms with van der Waals surface area (Å²) in [4.78, 5) is 12.6. The number of pyridine rings is 1. The predicted molar refractivity (Wildman–Crippen MR) is 64.2 cm³/mol. The van der Waals surface area contributed by atoms with E-state index < -0.39 is 0 Å². The normalized spacial score (nSPS) is 12.6. The third-order valence-electron chi connectivity index (χ3n) is 2.27. The molecule has 2 aromatic heterocycles. The molecule has 2 rings (SSSR count). The monoisotopic (exact) mass is 234 g/mol. The Hall–Kier alpha value is -1.33. The van der Waals surface area contributed by atoms with Crippen molar-refractivity contribution in [2.45, 2.75) is 29.4 Å². The number of nitrogens with one attached hydrogen (secondary N) is 1. The molecule has 0 saturated carbocycles. The third-order valence-corrected chi connectivity index (χ3v) is 3.16. The van der Waals surface area contributed by atoms with Gasteiger partial charge in [0.2, 0.25) is 0 Å². The van der Waals surface area contributed by atoms with Crippen LogP contribution in [0.25, 0.3) is 0 Å². The standard InChI is InChI=1S/C11H14N4S/c1-2-9(12)10-4-3-8(7-15-10)16-11-13-5-6-14-11/h3-7,9H,2,12H2,1H3,(H,13,14). The highest BCUT2D eigenvalue weighted by Crippen LogP contribution is 2.24. The first kappa shape index (κ1) is 11.2. The van der Waals surface area contributed by atoms with Gasteiger partial charge in [-0.05, 0) is 18.6 Å². The molecule has 0 aliphatic rings. The summed E-state index contributed by atoms with van der Waals surface area (Å²) >= 11 is 1.55. The Bertz CT molecular complexity index is 424. The number of aromatic amines is 1. The summed E-state index contributed by atoms with van der Waals surface area (Å²) in [5.74, 6) is 0. The molecule has 1 atom stereocenters. The minimum Gasteiger partial charge on any atom is -0.339 e. The van der Waals surface area contributed by atoms with Gasteiger partial charge in [0.1, 0.15) is 0 Å². The minimum absolute atomic E-state index is 0.0302. The lowest BCUT2D eigenvalue weighted by atomic mass is 10.1. The van der Waals surface area contributed by atoms with Gasteiger partial charge < -0.3 is 10.7 Å². The minimum atomic E-state index is 0.0302. The molecular formula is C11H14N4S. The largest absolute Gasteiger partial charge is 0.339 e. The zero-order valence-corrected chi connectivity index (χ0v) is 9.87. The number of rotatable bonds is 4. The van der Waals surface area contributed by atoms with Crippen LogP contribution in [0.15, 0.2) is 40.8 Å². The molecule has 0 saturated heterocycles. The van der Waals surface area contributed by atoms with E-state index in [1.165, 1.54) is 0 Å². The Morgan fingerprint density at radius 1 is 1.44 bits per heavy atom. The van der Waals surface area contributed by atoms with Crippen molar-refractivity contribution >= 4 is 11.8 Å². The number of nitrogens with zero attached hydrogens (tertiary/aromatic N) is 2. The van der Waals surface area contributed by atoms with Crippen LogP contribution in [0.1, 0.15) is 25.1 Å². The van der Waals surface area contributed by atoms with Crippen molar-refractivity contribution < 1.29 is 0 Å². The Morgan fingerprint density at radius 2 is 2.31 bits per heavy atom. The summed E-state index contributed by atoms with van der Waals surface area (Å²) < 4.78 is 0. The third kappa shape index (κ3) is 2.62. The highest BCUT2D eigenvalue weighted by molar-refractivity contribution is 7.99. The van der Waals surface area contributed by atoms with E-state index in [4.69, 9.17) is 5.73 Å². The molecule has 4 nitrogen and oxygen atoms in total. The molecule has 0 aromatic carbocycles. The van der Waals surface area contributed by atoms with E-state index >= 15 is 0 Å². The predicted octanol–water partition coefficient (Wildman–Crippen LogP) is 2.37. The van der Waals surface area contributed by atoms with Gasteiger partial charge in [-0.1, -0.05) is 18.7 Å². The Labute approximate surface area is 98.7 Å². The first-order valence-electron chi connectivity index (χ1n) is 5.18. The number of H-pyrrole nitrogens is 1. The summed E-state index contributed by atoms with van der Waals surface area (Å²) in [5, 5.41) is 0.870. The fourth-order valence-electron chi connectivity index (χ4n) is 1.30. The number of imidazole rings is 1. The second kappa shape index (κ2) is 5.14. The highest BCUT2D eigenvalue weighted by atomic mass is 32.2. The second-order valence-electron chi connectivity index (χ2n) is 3.43. The van der Waals surface area contributed by atoms with Crippen LogP contribution in [0.5, 0.6) is 0 Å². The molecule has 84 valence electrons. The Morgan fingerprint density at radius 3 is 2.88 bits per heavy atom. The summed E-state index contributed by atoms with van der Waals surface area (Å²) in [6, 6.07) is 4.02. The van der Waals surface area contributed by atoms with Crippen molar-refractivity contribution in [1.29, 1.82) is 0 Å². The van der Waals surface area contributed by atoms with Gasteiger partial charge in [0.15, 0.2) is 5.16 Å². The van der Waals surface area contributed by atoms with Crippen LogP contribution in [0.4, 0.5) is 0 Å². The van der Waals surface area contributed by atoms with Crippen LogP contribution in [-0.4, -0.2) is 15.0 Å². The highest BCUT2D eigenvalue weighted by Gasteiger charge is 2.05. The molecular weight excluding hydrogens is 220 g/mol. The van der Waals surface area contributed by atoms with Crippen LogP contribution < -0.4 is 5.73 Å². The smallest absolute Gasteiger partial charge is 0.170 e. The second-order valence-corrected chi connectivity index (χ2v) is 4.49. The average Bonchev–Trinajstić information content (AvgIpc) is 2.82. The van der Waals surface area contributed by atoms with Gasteiger partial charge in [-0.2, -0.15) is 0 Å². The Balaban J connectivity index is 2.07. The molecule has 2 heterocycles. The van der Waals surface area contributed by atoms with Crippen molar-refractivity contribution in [3.63, 3.8) is 0 Å². The molecule has 3 N–H and O–H groups in total. The lowest BCUT2D eigenvalue weighted by Crippen LogP contribution is -2.10. The number of nitrogens with two attached hydrogens (primary N) is 1. The van der Waals surface area contributed by atoms with Gasteiger partial charge in [-0.15, -0.1) is 0 Å². The van der Waals surface area contributed by atoms with E-state index in [1.807, 2.05) is 18.3 Å². The van der Waals surface area contributed by atoms with Crippen LogP contribution in [-0.2, 0) is 0 Å². The average molecular weight is 234 g/mol. The zero-order chi connectivity index (χ0) is 11.4. The van der Waals surface area contributed by atoms with Gasteiger partial charge in [-0.25, -0.2) is 4.98 Å². The Kier molecular flexibility index (Phi) is 3.58. The van der Waals surface area contributed by atoms with E-state index in [9.17, 15) is 0 Å². The van der Waals surface area contributed by atoms with Gasteiger partial charge in [0.25, 0.3) is 0 Å². The lowest BCUT2D eigenvalue weighted by molar-refractivity contribution is 0.674. The fourth-order valence-corrected chi connectivity index (χ4v) is 2.00. The molecule has 0 radical (unpaired) electrons. The quantitative estimate of drug-likeness (QED) is 0.852.